The highest BCUT2D eigenvalue weighted by Gasteiger charge is 2.66. The fourth-order valence-electron chi connectivity index (χ4n) is 4.39. The molecule has 4 rings (SSSR count). The minimum Gasteiger partial charge on any atom is -0.367 e. The summed E-state index contributed by atoms with van der Waals surface area (Å²) in [6.07, 6.45) is -2.82. The lowest BCUT2D eigenvalue weighted by Crippen LogP contribution is -2.72. The van der Waals surface area contributed by atoms with Gasteiger partial charge < -0.3 is 20.6 Å². The molecule has 0 unspecified atom stereocenters. The zero-order valence-electron chi connectivity index (χ0n) is 19.4. The summed E-state index contributed by atoms with van der Waals surface area (Å²) in [7, 11) is 0. The first kappa shape index (κ1) is 25.2. The van der Waals surface area contributed by atoms with Crippen molar-refractivity contribution >= 4 is 17.5 Å². The van der Waals surface area contributed by atoms with Crippen molar-refractivity contribution in [2.24, 2.45) is 5.92 Å². The third-order valence-corrected chi connectivity index (χ3v) is 6.25. The van der Waals surface area contributed by atoms with E-state index in [1.54, 1.807) is 24.3 Å². The number of halogens is 3. The Bertz CT molecular complexity index is 1210. The minimum absolute atomic E-state index is 0.121. The van der Waals surface area contributed by atoms with Gasteiger partial charge in [-0.15, -0.1) is 0 Å². The number of hydrogen-bond acceptors (Lipinski definition) is 5. The molecule has 0 bridgehead atoms. The van der Waals surface area contributed by atoms with Gasteiger partial charge in [-0.05, 0) is 42.3 Å². The molecule has 0 saturated carbocycles. The maximum absolute atomic E-state index is 14.1. The topological polar surface area (TPSA) is 94.6 Å². The summed E-state index contributed by atoms with van der Waals surface area (Å²) < 4.78 is 42.2. The van der Waals surface area contributed by atoms with E-state index in [0.717, 1.165) is 17.4 Å². The molecule has 0 aliphatic carbocycles. The van der Waals surface area contributed by atoms with E-state index in [2.05, 4.69) is 15.2 Å². The Hall–Kier alpha value is -3.92. The number of nitrogens with zero attached hydrogens (tertiary/aromatic N) is 2. The fourth-order valence-corrected chi connectivity index (χ4v) is 4.39. The average Bonchev–Trinajstić information content (AvgIpc) is 2.87. The molecule has 7 nitrogen and oxygen atoms in total. The van der Waals surface area contributed by atoms with Gasteiger partial charge in [0.2, 0.25) is 5.72 Å². The fraction of sp³-hybridized carbons (Fsp3) is 0.269. The standard InChI is InChI=1S/C26H25F3N4O3/c1-2-33(16-17-7-4-3-5-8-17)20-12-10-18(11-13-20)22-21(23(34)19-9-6-14-30-15-19)25(36,26(27,28)29)32-24(35)31-22/h3-15,21-22,36H,2,16H2,1H3,(H2,31,32,35)/t21-,22+,25-/m1/s1. The van der Waals surface area contributed by atoms with E-state index in [9.17, 15) is 27.9 Å². The summed E-state index contributed by atoms with van der Waals surface area (Å²) >= 11 is 0. The molecule has 3 N–H and O–H groups in total. The molecule has 1 aromatic heterocycles. The average molecular weight is 499 g/mol. The summed E-state index contributed by atoms with van der Waals surface area (Å²) in [5.74, 6) is -3.11. The molecule has 36 heavy (non-hydrogen) atoms. The molecule has 2 aromatic carbocycles. The van der Waals surface area contributed by atoms with Gasteiger partial charge >= 0.3 is 12.2 Å². The van der Waals surface area contributed by atoms with Crippen LogP contribution in [0.15, 0.2) is 79.1 Å². The molecule has 2 amide bonds. The number of pyridine rings is 1. The summed E-state index contributed by atoms with van der Waals surface area (Å²) in [5.41, 5.74) is -1.76. The smallest absolute Gasteiger partial charge is 0.367 e. The summed E-state index contributed by atoms with van der Waals surface area (Å²) in [4.78, 5) is 31.4. The molecule has 0 radical (unpaired) electrons. The number of carbonyl (C=O) groups is 2. The number of hydrogen-bond donors (Lipinski definition) is 3. The van der Waals surface area contributed by atoms with Crippen molar-refractivity contribution in [2.75, 3.05) is 11.4 Å². The van der Waals surface area contributed by atoms with Gasteiger partial charge in [0.15, 0.2) is 5.78 Å². The normalized spacial score (nSPS) is 21.9. The summed E-state index contributed by atoms with van der Waals surface area (Å²) in [6.45, 7) is 3.28. The van der Waals surface area contributed by atoms with Crippen LogP contribution in [0, 0.1) is 5.92 Å². The van der Waals surface area contributed by atoms with Gasteiger partial charge in [0.1, 0.15) is 5.92 Å². The molecule has 2 heterocycles. The van der Waals surface area contributed by atoms with Crippen molar-refractivity contribution in [3.63, 3.8) is 0 Å². The maximum Gasteiger partial charge on any atom is 0.437 e. The lowest BCUT2D eigenvalue weighted by atomic mass is 9.77. The first-order valence-electron chi connectivity index (χ1n) is 11.3. The van der Waals surface area contributed by atoms with Crippen molar-refractivity contribution < 1.29 is 27.9 Å². The quantitative estimate of drug-likeness (QED) is 0.425. The van der Waals surface area contributed by atoms with Crippen LogP contribution in [0.25, 0.3) is 0 Å². The molecule has 188 valence electrons. The molecule has 1 aliphatic rings. The number of ketones is 1. The van der Waals surface area contributed by atoms with Crippen molar-refractivity contribution in [3.8, 4) is 0 Å². The number of benzene rings is 2. The minimum atomic E-state index is -5.32. The molecule has 1 fully saturated rings. The first-order chi connectivity index (χ1) is 17.1. The van der Waals surface area contributed by atoms with Gasteiger partial charge in [-0.1, -0.05) is 42.5 Å². The predicted octanol–water partition coefficient (Wildman–Crippen LogP) is 4.21. The van der Waals surface area contributed by atoms with Crippen LogP contribution in [0.2, 0.25) is 0 Å². The largest absolute Gasteiger partial charge is 0.437 e. The monoisotopic (exact) mass is 498 g/mol. The number of alkyl halides is 3. The van der Waals surface area contributed by atoms with E-state index in [0.29, 0.717) is 13.1 Å². The number of rotatable bonds is 7. The molecule has 0 spiro atoms. The molecule has 3 aromatic rings. The van der Waals surface area contributed by atoms with Crippen LogP contribution in [0.1, 0.15) is 34.5 Å². The second kappa shape index (κ2) is 9.98. The summed E-state index contributed by atoms with van der Waals surface area (Å²) in [6, 6.07) is 16.4. The van der Waals surface area contributed by atoms with Gasteiger partial charge in [0.25, 0.3) is 0 Å². The third-order valence-electron chi connectivity index (χ3n) is 6.25. The third kappa shape index (κ3) is 4.90. The lowest BCUT2D eigenvalue weighted by Gasteiger charge is -2.45. The van der Waals surface area contributed by atoms with Crippen LogP contribution in [0.5, 0.6) is 0 Å². The van der Waals surface area contributed by atoms with E-state index < -0.39 is 35.7 Å². The Labute approximate surface area is 206 Å². The van der Waals surface area contributed by atoms with Gasteiger partial charge in [0.05, 0.1) is 6.04 Å². The molecular weight excluding hydrogens is 473 g/mol. The van der Waals surface area contributed by atoms with Crippen molar-refractivity contribution in [1.82, 2.24) is 15.6 Å². The second-order valence-corrected chi connectivity index (χ2v) is 8.52. The van der Waals surface area contributed by atoms with Crippen LogP contribution < -0.4 is 15.5 Å². The highest BCUT2D eigenvalue weighted by molar-refractivity contribution is 6.00. The second-order valence-electron chi connectivity index (χ2n) is 8.52. The van der Waals surface area contributed by atoms with Crippen molar-refractivity contribution in [1.29, 1.82) is 0 Å². The van der Waals surface area contributed by atoms with Crippen LogP contribution >= 0.6 is 0 Å². The van der Waals surface area contributed by atoms with Crippen molar-refractivity contribution in [3.05, 3.63) is 95.8 Å². The van der Waals surface area contributed by atoms with E-state index in [1.807, 2.05) is 37.3 Å². The van der Waals surface area contributed by atoms with Crippen LogP contribution in [0.4, 0.5) is 23.7 Å². The molecule has 3 atom stereocenters. The van der Waals surface area contributed by atoms with Crippen LogP contribution in [-0.4, -0.2) is 40.4 Å². The Morgan fingerprint density at radius 3 is 2.36 bits per heavy atom. The SMILES string of the molecule is CCN(Cc1ccccc1)c1ccc([C@@H]2NC(=O)N[C@](O)(C(F)(F)F)[C@H]2C(=O)c2cccnc2)cc1. The molecule has 1 saturated heterocycles. The lowest BCUT2D eigenvalue weighted by molar-refractivity contribution is -0.287. The predicted molar refractivity (Wildman–Crippen MR) is 127 cm³/mol. The van der Waals surface area contributed by atoms with E-state index in [4.69, 9.17) is 0 Å². The van der Waals surface area contributed by atoms with Gasteiger partial charge in [-0.2, -0.15) is 13.2 Å². The Morgan fingerprint density at radius 2 is 1.78 bits per heavy atom. The number of aliphatic hydroxyl groups is 1. The number of nitrogens with one attached hydrogen (secondary N) is 2. The van der Waals surface area contributed by atoms with E-state index in [1.165, 1.54) is 23.6 Å². The van der Waals surface area contributed by atoms with Gasteiger partial charge in [0, 0.05) is 36.7 Å². The Morgan fingerprint density at radius 1 is 1.08 bits per heavy atom. The zero-order valence-corrected chi connectivity index (χ0v) is 19.4. The van der Waals surface area contributed by atoms with E-state index in [-0.39, 0.29) is 11.1 Å². The zero-order chi connectivity index (χ0) is 25.9. The number of Topliss-reactive ketones (excluding diaryl/α,β-unsaturated/α-hetero) is 1. The van der Waals surface area contributed by atoms with Crippen LogP contribution in [-0.2, 0) is 6.54 Å². The van der Waals surface area contributed by atoms with Gasteiger partial charge in [-0.25, -0.2) is 4.79 Å². The van der Waals surface area contributed by atoms with Crippen molar-refractivity contribution in [2.45, 2.75) is 31.4 Å². The number of urea groups is 1. The number of amides is 2. The maximum atomic E-state index is 14.1. The first-order valence-corrected chi connectivity index (χ1v) is 11.3. The highest BCUT2D eigenvalue weighted by Crippen LogP contribution is 2.44. The van der Waals surface area contributed by atoms with E-state index >= 15 is 0 Å². The highest BCUT2D eigenvalue weighted by atomic mass is 19.4. The van der Waals surface area contributed by atoms with Gasteiger partial charge in [-0.3, -0.25) is 9.78 Å². The number of carbonyl (C=O) groups excluding carboxylic acids is 2. The summed E-state index contributed by atoms with van der Waals surface area (Å²) in [5, 5.41) is 14.6. The Kier molecular flexibility index (Phi) is 6.98. The Balaban J connectivity index is 1.70. The number of aromatic nitrogens is 1. The molecular formula is C26H25F3N4O3. The number of anilines is 1. The molecule has 10 heteroatoms. The molecule has 1 aliphatic heterocycles. The van der Waals surface area contributed by atoms with Crippen LogP contribution in [0.3, 0.4) is 0 Å².